The molecule has 0 saturated carbocycles. The molecule has 0 radical (unpaired) electrons. The molecule has 0 aliphatic heterocycles. The van der Waals surface area contributed by atoms with Gasteiger partial charge in [-0.15, -0.1) is 0 Å². The number of halogens is 2. The Balaban J connectivity index is 2.65. The Morgan fingerprint density at radius 3 is 2.24 bits per heavy atom. The first-order chi connectivity index (χ1) is 9.60. The SMILES string of the molecule is CC(C)(C)OC(=O)OC(=O)[C@@H](N)Cc1c(F)cccc1F. The minimum atomic E-state index is -1.39. The zero-order valence-corrected chi connectivity index (χ0v) is 12.0. The van der Waals surface area contributed by atoms with Crippen molar-refractivity contribution in [3.63, 3.8) is 0 Å². The summed E-state index contributed by atoms with van der Waals surface area (Å²) >= 11 is 0. The standard InChI is InChI=1S/C14H17F2NO4/c1-14(2,3)21-13(19)20-12(18)11(17)7-8-9(15)5-4-6-10(8)16/h4-6,11H,7,17H2,1-3H3/t11-/m0/s1. The molecule has 5 nitrogen and oxygen atoms in total. The molecule has 1 rings (SSSR count). The summed E-state index contributed by atoms with van der Waals surface area (Å²) in [5.74, 6) is -2.77. The van der Waals surface area contributed by atoms with Gasteiger partial charge in [-0.05, 0) is 32.9 Å². The van der Waals surface area contributed by atoms with E-state index in [0.717, 1.165) is 12.1 Å². The van der Waals surface area contributed by atoms with Crippen LogP contribution in [0.2, 0.25) is 0 Å². The van der Waals surface area contributed by atoms with Crippen molar-refractivity contribution in [1.29, 1.82) is 0 Å². The van der Waals surface area contributed by atoms with E-state index in [1.807, 2.05) is 0 Å². The van der Waals surface area contributed by atoms with Crippen LogP contribution in [0.15, 0.2) is 18.2 Å². The number of ether oxygens (including phenoxy) is 2. The second kappa shape index (κ2) is 6.62. The Hall–Kier alpha value is -2.02. The van der Waals surface area contributed by atoms with E-state index in [0.29, 0.717) is 0 Å². The number of carbonyl (C=O) groups excluding carboxylic acids is 2. The summed E-state index contributed by atoms with van der Waals surface area (Å²) in [6.07, 6.45) is -1.64. The van der Waals surface area contributed by atoms with Crippen LogP contribution in [0.3, 0.4) is 0 Å². The van der Waals surface area contributed by atoms with Gasteiger partial charge >= 0.3 is 12.1 Å². The van der Waals surface area contributed by atoms with E-state index in [-0.39, 0.29) is 5.56 Å². The van der Waals surface area contributed by atoms with E-state index in [9.17, 15) is 18.4 Å². The van der Waals surface area contributed by atoms with Gasteiger partial charge < -0.3 is 15.2 Å². The predicted octanol–water partition coefficient (Wildman–Crippen LogP) is 2.31. The lowest BCUT2D eigenvalue weighted by Crippen LogP contribution is -2.37. The van der Waals surface area contributed by atoms with Crippen molar-refractivity contribution < 1.29 is 27.8 Å². The lowest BCUT2D eigenvalue weighted by Gasteiger charge is -2.19. The Bertz CT molecular complexity index is 520. The van der Waals surface area contributed by atoms with Crippen molar-refractivity contribution in [3.05, 3.63) is 35.4 Å². The van der Waals surface area contributed by atoms with Crippen molar-refractivity contribution >= 4 is 12.1 Å². The number of rotatable bonds is 3. The topological polar surface area (TPSA) is 78.6 Å². The molecule has 7 heteroatoms. The molecule has 21 heavy (non-hydrogen) atoms. The molecule has 0 unspecified atom stereocenters. The summed E-state index contributed by atoms with van der Waals surface area (Å²) in [5.41, 5.74) is 4.31. The normalized spacial score (nSPS) is 12.7. The Labute approximate surface area is 121 Å². The minimum absolute atomic E-state index is 0.342. The second-order valence-electron chi connectivity index (χ2n) is 5.40. The van der Waals surface area contributed by atoms with Crippen LogP contribution in [0.25, 0.3) is 0 Å². The molecule has 0 aliphatic rings. The van der Waals surface area contributed by atoms with E-state index in [1.54, 1.807) is 20.8 Å². The van der Waals surface area contributed by atoms with Crippen molar-refractivity contribution in [3.8, 4) is 0 Å². The number of hydrogen-bond acceptors (Lipinski definition) is 5. The summed E-state index contributed by atoms with van der Waals surface area (Å²) in [6, 6.07) is 1.90. The Morgan fingerprint density at radius 1 is 1.24 bits per heavy atom. The van der Waals surface area contributed by atoms with Gasteiger partial charge in [0.25, 0.3) is 0 Å². The van der Waals surface area contributed by atoms with Crippen LogP contribution in [-0.4, -0.2) is 23.8 Å². The van der Waals surface area contributed by atoms with Gasteiger partial charge in [-0.25, -0.2) is 18.4 Å². The quantitative estimate of drug-likeness (QED) is 0.684. The van der Waals surface area contributed by atoms with Crippen LogP contribution in [0.5, 0.6) is 0 Å². The molecule has 0 bridgehead atoms. The summed E-state index contributed by atoms with van der Waals surface area (Å²) in [6.45, 7) is 4.77. The molecule has 0 saturated heterocycles. The number of benzene rings is 1. The second-order valence-corrected chi connectivity index (χ2v) is 5.40. The average Bonchev–Trinajstić information content (AvgIpc) is 2.31. The van der Waals surface area contributed by atoms with Crippen LogP contribution in [0.4, 0.5) is 13.6 Å². The van der Waals surface area contributed by atoms with Gasteiger partial charge in [-0.3, -0.25) is 0 Å². The third-order valence-corrected chi connectivity index (χ3v) is 2.36. The van der Waals surface area contributed by atoms with Gasteiger partial charge in [-0.1, -0.05) is 6.07 Å². The van der Waals surface area contributed by atoms with Crippen LogP contribution in [-0.2, 0) is 20.7 Å². The molecule has 0 aromatic heterocycles. The minimum Gasteiger partial charge on any atom is -0.428 e. The molecule has 1 atom stereocenters. The van der Waals surface area contributed by atoms with E-state index < -0.39 is 41.8 Å². The number of carbonyl (C=O) groups is 2. The van der Waals surface area contributed by atoms with Crippen LogP contribution in [0.1, 0.15) is 26.3 Å². The van der Waals surface area contributed by atoms with Crippen molar-refractivity contribution in [2.75, 3.05) is 0 Å². The molecule has 1 aromatic rings. The lowest BCUT2D eigenvalue weighted by atomic mass is 10.1. The fourth-order valence-corrected chi connectivity index (χ4v) is 1.46. The molecular formula is C14H17F2NO4. The highest BCUT2D eigenvalue weighted by Gasteiger charge is 2.25. The summed E-state index contributed by atoms with van der Waals surface area (Å²) in [5, 5.41) is 0. The molecule has 0 aliphatic carbocycles. The maximum atomic E-state index is 13.4. The molecule has 0 amide bonds. The Kier molecular flexibility index (Phi) is 5.37. The molecular weight excluding hydrogens is 284 g/mol. The largest absolute Gasteiger partial charge is 0.516 e. The summed E-state index contributed by atoms with van der Waals surface area (Å²) in [7, 11) is 0. The molecule has 0 spiro atoms. The van der Waals surface area contributed by atoms with Crippen molar-refractivity contribution in [2.45, 2.75) is 38.8 Å². The molecule has 0 heterocycles. The first kappa shape index (κ1) is 17.0. The fraction of sp³-hybridized carbons (Fsp3) is 0.429. The smallest absolute Gasteiger partial charge is 0.428 e. The first-order valence-corrected chi connectivity index (χ1v) is 6.23. The zero-order chi connectivity index (χ0) is 16.2. The molecule has 0 fully saturated rings. The highest BCUT2D eigenvalue weighted by Crippen LogP contribution is 2.14. The monoisotopic (exact) mass is 301 g/mol. The predicted molar refractivity (Wildman–Crippen MR) is 70.4 cm³/mol. The van der Waals surface area contributed by atoms with Gasteiger partial charge in [-0.2, -0.15) is 0 Å². The fourth-order valence-electron chi connectivity index (χ4n) is 1.46. The molecule has 2 N–H and O–H groups in total. The highest BCUT2D eigenvalue weighted by atomic mass is 19.1. The van der Waals surface area contributed by atoms with Gasteiger partial charge in [0.05, 0.1) is 0 Å². The van der Waals surface area contributed by atoms with Crippen LogP contribution in [0, 0.1) is 11.6 Å². The van der Waals surface area contributed by atoms with Crippen molar-refractivity contribution in [1.82, 2.24) is 0 Å². The third kappa shape index (κ3) is 5.47. The van der Waals surface area contributed by atoms with E-state index in [2.05, 4.69) is 4.74 Å². The summed E-state index contributed by atoms with van der Waals surface area (Å²) in [4.78, 5) is 22.9. The van der Waals surface area contributed by atoms with E-state index in [1.165, 1.54) is 6.07 Å². The first-order valence-electron chi connectivity index (χ1n) is 6.23. The number of hydrogen-bond donors (Lipinski definition) is 1. The van der Waals surface area contributed by atoms with E-state index >= 15 is 0 Å². The lowest BCUT2D eigenvalue weighted by molar-refractivity contribution is -0.142. The van der Waals surface area contributed by atoms with Gasteiger partial charge in [0.2, 0.25) is 0 Å². The third-order valence-electron chi connectivity index (χ3n) is 2.36. The molecule has 116 valence electrons. The highest BCUT2D eigenvalue weighted by molar-refractivity contribution is 5.85. The average molecular weight is 301 g/mol. The Morgan fingerprint density at radius 2 is 1.76 bits per heavy atom. The summed E-state index contributed by atoms with van der Waals surface area (Å²) < 4.78 is 36.0. The maximum Gasteiger partial charge on any atom is 0.516 e. The van der Waals surface area contributed by atoms with Gasteiger partial charge in [0.15, 0.2) is 0 Å². The van der Waals surface area contributed by atoms with E-state index in [4.69, 9.17) is 10.5 Å². The van der Waals surface area contributed by atoms with Crippen molar-refractivity contribution in [2.24, 2.45) is 5.73 Å². The van der Waals surface area contributed by atoms with Crippen LogP contribution >= 0.6 is 0 Å². The maximum absolute atomic E-state index is 13.4. The number of esters is 1. The zero-order valence-electron chi connectivity index (χ0n) is 12.0. The van der Waals surface area contributed by atoms with Crippen LogP contribution < -0.4 is 5.73 Å². The van der Waals surface area contributed by atoms with Gasteiger partial charge in [0.1, 0.15) is 23.3 Å². The number of nitrogens with two attached hydrogens (primary N) is 1. The molecule has 1 aromatic carbocycles. The van der Waals surface area contributed by atoms with Gasteiger partial charge in [0, 0.05) is 12.0 Å².